The molecule has 2 heterocycles. The molecule has 1 saturated carbocycles. The molecular formula is C12H6Br2Cl2F3N3. The second-order valence-corrected chi connectivity index (χ2v) is 9.52. The summed E-state index contributed by atoms with van der Waals surface area (Å²) in [5.41, 5.74) is -0.143. The maximum Gasteiger partial charge on any atom is 0.417 e. The average molecular weight is 480 g/mol. The first-order chi connectivity index (χ1) is 10.1. The number of hydrogen-bond donors (Lipinski definition) is 0. The maximum atomic E-state index is 12.6. The fraction of sp³-hybridized carbons (Fsp3) is 0.333. The Balaban J connectivity index is 1.97. The number of aromatic nitrogens is 3. The van der Waals surface area contributed by atoms with Gasteiger partial charge in [-0.3, -0.25) is 0 Å². The highest BCUT2D eigenvalue weighted by Gasteiger charge is 2.52. The molecule has 1 fully saturated rings. The summed E-state index contributed by atoms with van der Waals surface area (Å²) in [5, 5.41) is 4.19. The van der Waals surface area contributed by atoms with Crippen LogP contribution < -0.4 is 0 Å². The highest BCUT2D eigenvalue weighted by Crippen LogP contribution is 2.63. The summed E-state index contributed by atoms with van der Waals surface area (Å²) in [6.07, 6.45) is -1.33. The predicted molar refractivity (Wildman–Crippen MR) is 84.3 cm³/mol. The monoisotopic (exact) mass is 477 g/mol. The van der Waals surface area contributed by atoms with E-state index in [9.17, 15) is 13.2 Å². The van der Waals surface area contributed by atoms with Gasteiger partial charge in [-0.15, -0.1) is 0 Å². The minimum Gasteiger partial charge on any atom is -0.235 e. The van der Waals surface area contributed by atoms with E-state index in [1.807, 2.05) is 0 Å². The third-order valence-electron chi connectivity index (χ3n) is 3.26. The molecule has 0 aliphatic heterocycles. The highest BCUT2D eigenvalue weighted by molar-refractivity contribution is 9.25. The van der Waals surface area contributed by atoms with Crippen molar-refractivity contribution in [1.82, 2.24) is 14.8 Å². The Morgan fingerprint density at radius 2 is 1.95 bits per heavy atom. The zero-order valence-corrected chi connectivity index (χ0v) is 15.2. The molecule has 0 N–H and O–H groups in total. The number of pyridine rings is 1. The van der Waals surface area contributed by atoms with Crippen molar-refractivity contribution in [3.8, 4) is 5.82 Å². The minimum atomic E-state index is -4.50. The first-order valence-electron chi connectivity index (χ1n) is 5.95. The van der Waals surface area contributed by atoms with Gasteiger partial charge in [0.2, 0.25) is 0 Å². The van der Waals surface area contributed by atoms with E-state index in [0.29, 0.717) is 6.20 Å². The van der Waals surface area contributed by atoms with Crippen LogP contribution in [0.2, 0.25) is 10.2 Å². The van der Waals surface area contributed by atoms with E-state index in [1.54, 1.807) is 6.20 Å². The standard InChI is InChI=1S/C12H6Br2Cl2F3N3/c13-11(14)2-7(11)6-4-22(21-9(6)16)10-8(15)1-5(3-20-10)12(17,18)19/h1,3-4,7H,2H2. The topological polar surface area (TPSA) is 30.7 Å². The highest BCUT2D eigenvalue weighted by atomic mass is 79.9. The summed E-state index contributed by atoms with van der Waals surface area (Å²) in [6, 6.07) is 0.815. The third-order valence-corrected chi connectivity index (χ3v) is 5.59. The van der Waals surface area contributed by atoms with Crippen LogP contribution in [0.5, 0.6) is 0 Å². The van der Waals surface area contributed by atoms with Gasteiger partial charge in [0.25, 0.3) is 0 Å². The van der Waals surface area contributed by atoms with Crippen LogP contribution in [0.3, 0.4) is 0 Å². The Kier molecular flexibility index (Phi) is 4.03. The van der Waals surface area contributed by atoms with E-state index in [-0.39, 0.29) is 25.1 Å². The lowest BCUT2D eigenvalue weighted by molar-refractivity contribution is -0.137. The van der Waals surface area contributed by atoms with Crippen molar-refractivity contribution in [3.63, 3.8) is 0 Å². The van der Waals surface area contributed by atoms with Crippen LogP contribution in [-0.4, -0.2) is 18.0 Å². The van der Waals surface area contributed by atoms with Crippen molar-refractivity contribution >= 4 is 55.1 Å². The molecule has 3 nitrogen and oxygen atoms in total. The Hall–Kier alpha value is -0.310. The molecule has 2 aromatic heterocycles. The number of rotatable bonds is 2. The van der Waals surface area contributed by atoms with Crippen LogP contribution in [-0.2, 0) is 6.18 Å². The lowest BCUT2D eigenvalue weighted by Gasteiger charge is -2.08. The van der Waals surface area contributed by atoms with E-state index < -0.39 is 11.7 Å². The molecule has 3 rings (SSSR count). The molecule has 2 aromatic rings. The smallest absolute Gasteiger partial charge is 0.235 e. The number of halogens is 7. The van der Waals surface area contributed by atoms with E-state index in [4.69, 9.17) is 23.2 Å². The summed E-state index contributed by atoms with van der Waals surface area (Å²) < 4.78 is 38.9. The molecule has 22 heavy (non-hydrogen) atoms. The fourth-order valence-electron chi connectivity index (χ4n) is 2.01. The molecule has 0 amide bonds. The summed E-state index contributed by atoms with van der Waals surface area (Å²) >= 11 is 19.0. The Morgan fingerprint density at radius 1 is 1.32 bits per heavy atom. The molecule has 0 radical (unpaired) electrons. The Bertz CT molecular complexity index is 746. The average Bonchev–Trinajstić information content (AvgIpc) is 2.85. The van der Waals surface area contributed by atoms with Crippen molar-refractivity contribution in [2.45, 2.75) is 21.7 Å². The van der Waals surface area contributed by atoms with Crippen molar-refractivity contribution in [2.24, 2.45) is 0 Å². The molecule has 1 atom stereocenters. The molecule has 0 bridgehead atoms. The number of nitrogens with zero attached hydrogens (tertiary/aromatic N) is 3. The first kappa shape index (κ1) is 16.5. The summed E-state index contributed by atoms with van der Waals surface area (Å²) in [5.74, 6) is 0.222. The van der Waals surface area contributed by atoms with Crippen LogP contribution in [0, 0.1) is 0 Å². The van der Waals surface area contributed by atoms with Crippen molar-refractivity contribution < 1.29 is 13.2 Å². The van der Waals surface area contributed by atoms with Crippen molar-refractivity contribution in [1.29, 1.82) is 0 Å². The van der Waals surface area contributed by atoms with Gasteiger partial charge in [0, 0.05) is 23.9 Å². The van der Waals surface area contributed by atoms with E-state index in [2.05, 4.69) is 41.9 Å². The second-order valence-electron chi connectivity index (χ2n) is 4.86. The minimum absolute atomic E-state index is 0.0956. The van der Waals surface area contributed by atoms with Crippen LogP contribution in [0.15, 0.2) is 18.5 Å². The SMILES string of the molecule is FC(F)(F)c1cnc(-n2cc(C3CC3(Br)Br)c(Cl)n2)c(Cl)c1. The first-order valence-corrected chi connectivity index (χ1v) is 8.30. The van der Waals surface area contributed by atoms with Gasteiger partial charge >= 0.3 is 6.18 Å². The zero-order chi connectivity index (χ0) is 16.3. The zero-order valence-electron chi connectivity index (χ0n) is 10.5. The Morgan fingerprint density at radius 3 is 2.45 bits per heavy atom. The fourth-order valence-corrected chi connectivity index (χ4v) is 3.67. The number of hydrogen-bond acceptors (Lipinski definition) is 2. The predicted octanol–water partition coefficient (Wildman–Crippen LogP) is 5.57. The van der Waals surface area contributed by atoms with Gasteiger partial charge in [-0.05, 0) is 12.5 Å². The lowest BCUT2D eigenvalue weighted by Crippen LogP contribution is -2.08. The van der Waals surface area contributed by atoms with Crippen LogP contribution in [0.4, 0.5) is 13.2 Å². The van der Waals surface area contributed by atoms with Gasteiger partial charge in [-0.25, -0.2) is 9.67 Å². The Labute approximate surface area is 150 Å². The molecule has 1 aliphatic rings. The lowest BCUT2D eigenvalue weighted by atomic mass is 10.2. The molecular weight excluding hydrogens is 474 g/mol. The van der Waals surface area contributed by atoms with E-state index >= 15 is 0 Å². The molecule has 1 unspecified atom stereocenters. The molecule has 118 valence electrons. The summed E-state index contributed by atoms with van der Waals surface area (Å²) in [6.45, 7) is 0. The molecule has 1 aliphatic carbocycles. The largest absolute Gasteiger partial charge is 0.417 e. The van der Waals surface area contributed by atoms with Crippen LogP contribution in [0.1, 0.15) is 23.5 Å². The second kappa shape index (κ2) is 5.36. The van der Waals surface area contributed by atoms with Crippen LogP contribution >= 0.6 is 55.1 Å². The molecule has 0 aromatic carbocycles. The quantitative estimate of drug-likeness (QED) is 0.527. The third kappa shape index (κ3) is 3.02. The molecule has 0 saturated heterocycles. The van der Waals surface area contributed by atoms with Gasteiger partial charge in [0.1, 0.15) is 0 Å². The summed E-state index contributed by atoms with van der Waals surface area (Å²) in [7, 11) is 0. The van der Waals surface area contributed by atoms with Gasteiger partial charge in [-0.1, -0.05) is 55.1 Å². The van der Waals surface area contributed by atoms with Crippen LogP contribution in [0.25, 0.3) is 5.82 Å². The van der Waals surface area contributed by atoms with Crippen molar-refractivity contribution in [2.75, 3.05) is 0 Å². The van der Waals surface area contributed by atoms with Gasteiger partial charge < -0.3 is 0 Å². The van der Waals surface area contributed by atoms with Gasteiger partial charge in [-0.2, -0.15) is 18.3 Å². The normalized spacial score (nSPS) is 20.2. The van der Waals surface area contributed by atoms with Gasteiger partial charge in [0.05, 0.1) is 13.8 Å². The van der Waals surface area contributed by atoms with E-state index in [1.165, 1.54) is 4.68 Å². The molecule has 0 spiro atoms. The molecule has 10 heteroatoms. The maximum absolute atomic E-state index is 12.6. The van der Waals surface area contributed by atoms with Gasteiger partial charge in [0.15, 0.2) is 11.0 Å². The summed E-state index contributed by atoms with van der Waals surface area (Å²) in [4.78, 5) is 3.75. The number of alkyl halides is 5. The van der Waals surface area contributed by atoms with Crippen molar-refractivity contribution in [3.05, 3.63) is 39.8 Å². The van der Waals surface area contributed by atoms with E-state index in [0.717, 1.165) is 18.1 Å².